The Morgan fingerprint density at radius 1 is 1.22 bits per heavy atom. The van der Waals surface area contributed by atoms with E-state index in [9.17, 15) is 9.18 Å². The minimum atomic E-state index is -0.700. The number of nitrogens with zero attached hydrogens (tertiary/aromatic N) is 1. The van der Waals surface area contributed by atoms with Crippen LogP contribution in [-0.4, -0.2) is 5.97 Å². The number of ether oxygens (including phenoxy) is 1. The minimum absolute atomic E-state index is 0.0780. The molecule has 2 aromatic rings. The van der Waals surface area contributed by atoms with Crippen molar-refractivity contribution in [3.63, 3.8) is 0 Å². The number of esters is 1. The number of benzene rings is 2. The van der Waals surface area contributed by atoms with Crippen LogP contribution in [0.25, 0.3) is 0 Å². The second-order valence-electron chi connectivity index (χ2n) is 7.70. The molecule has 0 aromatic heterocycles. The van der Waals surface area contributed by atoms with E-state index in [1.54, 1.807) is 18.2 Å². The predicted molar refractivity (Wildman–Crippen MR) is 102 cm³/mol. The van der Waals surface area contributed by atoms with Gasteiger partial charge < -0.3 is 4.74 Å². The SMILES string of the molecule is CCC1(C)CCC(c2ccc(C(=O)Oc3ccc(C#N)c(F)c3)cc2)CC1. The molecule has 27 heavy (non-hydrogen) atoms. The van der Waals surface area contributed by atoms with E-state index in [1.165, 1.54) is 49.8 Å². The summed E-state index contributed by atoms with van der Waals surface area (Å²) in [5, 5.41) is 8.75. The van der Waals surface area contributed by atoms with Crippen molar-refractivity contribution in [2.75, 3.05) is 0 Å². The molecule has 3 rings (SSSR count). The van der Waals surface area contributed by atoms with Gasteiger partial charge in [-0.15, -0.1) is 0 Å². The van der Waals surface area contributed by atoms with E-state index in [4.69, 9.17) is 10.00 Å². The third-order valence-electron chi connectivity index (χ3n) is 5.94. The summed E-state index contributed by atoms with van der Waals surface area (Å²) in [6, 6.07) is 13.0. The molecule has 4 heteroatoms. The lowest BCUT2D eigenvalue weighted by atomic mass is 9.69. The summed E-state index contributed by atoms with van der Waals surface area (Å²) in [6.45, 7) is 4.63. The first kappa shape index (κ1) is 19.1. The van der Waals surface area contributed by atoms with Gasteiger partial charge in [0, 0.05) is 6.07 Å². The normalized spacial score (nSPS) is 22.1. The molecule has 0 aliphatic heterocycles. The Balaban J connectivity index is 1.64. The van der Waals surface area contributed by atoms with Crippen molar-refractivity contribution in [3.05, 3.63) is 65.0 Å². The molecule has 1 aliphatic rings. The number of halogens is 1. The summed E-state index contributed by atoms with van der Waals surface area (Å²) in [4.78, 5) is 12.3. The highest BCUT2D eigenvalue weighted by Crippen LogP contribution is 2.44. The molecule has 2 aromatic carbocycles. The fraction of sp³-hybridized carbons (Fsp3) is 0.391. The third kappa shape index (κ3) is 4.36. The van der Waals surface area contributed by atoms with Gasteiger partial charge in [0.1, 0.15) is 17.6 Å². The summed E-state index contributed by atoms with van der Waals surface area (Å²) in [5.41, 5.74) is 2.08. The Hall–Kier alpha value is -2.67. The summed E-state index contributed by atoms with van der Waals surface area (Å²) in [5.74, 6) is -0.601. The molecule has 0 N–H and O–H groups in total. The van der Waals surface area contributed by atoms with Crippen LogP contribution in [0, 0.1) is 22.6 Å². The zero-order chi connectivity index (χ0) is 19.4. The summed E-state index contributed by atoms with van der Waals surface area (Å²) in [7, 11) is 0. The maximum absolute atomic E-state index is 13.6. The lowest BCUT2D eigenvalue weighted by Gasteiger charge is -2.37. The van der Waals surface area contributed by atoms with Crippen LogP contribution in [-0.2, 0) is 0 Å². The standard InChI is InChI=1S/C23H24FNO2/c1-3-23(2)12-10-17(11-13-23)16-4-6-18(7-5-16)22(26)27-20-9-8-19(15-25)21(24)14-20/h4-9,14,17H,3,10-13H2,1-2H3. The lowest BCUT2D eigenvalue weighted by molar-refractivity contribution is 0.0734. The molecule has 0 spiro atoms. The molecule has 0 atom stereocenters. The van der Waals surface area contributed by atoms with Gasteiger partial charge >= 0.3 is 5.97 Å². The van der Waals surface area contributed by atoms with Crippen LogP contribution < -0.4 is 4.74 Å². The largest absolute Gasteiger partial charge is 0.423 e. The number of carbonyl (C=O) groups excluding carboxylic acids is 1. The summed E-state index contributed by atoms with van der Waals surface area (Å²) in [6.07, 6.45) is 6.06. The van der Waals surface area contributed by atoms with Crippen LogP contribution in [0.4, 0.5) is 4.39 Å². The van der Waals surface area contributed by atoms with Crippen molar-refractivity contribution in [1.82, 2.24) is 0 Å². The van der Waals surface area contributed by atoms with Crippen LogP contribution >= 0.6 is 0 Å². The summed E-state index contributed by atoms with van der Waals surface area (Å²) < 4.78 is 18.8. The average Bonchev–Trinajstić information content (AvgIpc) is 2.69. The maximum Gasteiger partial charge on any atom is 0.343 e. The van der Waals surface area contributed by atoms with Gasteiger partial charge in [0.25, 0.3) is 0 Å². The Labute approximate surface area is 159 Å². The third-order valence-corrected chi connectivity index (χ3v) is 5.94. The van der Waals surface area contributed by atoms with E-state index >= 15 is 0 Å². The Morgan fingerprint density at radius 2 is 1.89 bits per heavy atom. The molecule has 0 radical (unpaired) electrons. The van der Waals surface area contributed by atoms with Crippen molar-refractivity contribution < 1.29 is 13.9 Å². The fourth-order valence-corrected chi connectivity index (χ4v) is 3.71. The van der Waals surface area contributed by atoms with Gasteiger partial charge in [-0.05, 0) is 66.8 Å². The second kappa shape index (κ2) is 7.92. The lowest BCUT2D eigenvalue weighted by Crippen LogP contribution is -2.22. The van der Waals surface area contributed by atoms with Crippen LogP contribution in [0.2, 0.25) is 0 Å². The van der Waals surface area contributed by atoms with E-state index in [0.29, 0.717) is 16.9 Å². The zero-order valence-electron chi connectivity index (χ0n) is 15.8. The monoisotopic (exact) mass is 365 g/mol. The quantitative estimate of drug-likeness (QED) is 0.494. The van der Waals surface area contributed by atoms with Crippen LogP contribution in [0.1, 0.15) is 73.4 Å². The topological polar surface area (TPSA) is 50.1 Å². The highest BCUT2D eigenvalue weighted by Gasteiger charge is 2.30. The first-order chi connectivity index (χ1) is 12.9. The molecule has 1 aliphatic carbocycles. The molecule has 1 saturated carbocycles. The van der Waals surface area contributed by atoms with Gasteiger partial charge in [0.2, 0.25) is 0 Å². The predicted octanol–water partition coefficient (Wildman–Crippen LogP) is 5.99. The molecular formula is C23H24FNO2. The van der Waals surface area contributed by atoms with Crippen molar-refractivity contribution in [3.8, 4) is 11.8 Å². The van der Waals surface area contributed by atoms with Gasteiger partial charge in [-0.2, -0.15) is 5.26 Å². The van der Waals surface area contributed by atoms with E-state index in [0.717, 1.165) is 6.07 Å². The molecule has 3 nitrogen and oxygen atoms in total. The van der Waals surface area contributed by atoms with E-state index in [2.05, 4.69) is 13.8 Å². The first-order valence-electron chi connectivity index (χ1n) is 9.46. The molecule has 140 valence electrons. The molecule has 0 unspecified atom stereocenters. The van der Waals surface area contributed by atoms with Crippen LogP contribution in [0.5, 0.6) is 5.75 Å². The Morgan fingerprint density at radius 3 is 2.44 bits per heavy atom. The number of nitriles is 1. The Kier molecular flexibility index (Phi) is 5.60. The average molecular weight is 365 g/mol. The Bertz CT molecular complexity index is 859. The molecule has 0 amide bonds. The van der Waals surface area contributed by atoms with Crippen molar-refractivity contribution in [2.24, 2.45) is 5.41 Å². The smallest absolute Gasteiger partial charge is 0.343 e. The van der Waals surface area contributed by atoms with E-state index < -0.39 is 11.8 Å². The number of hydrogen-bond donors (Lipinski definition) is 0. The molecule has 1 fully saturated rings. The molecular weight excluding hydrogens is 341 g/mol. The highest BCUT2D eigenvalue weighted by atomic mass is 19.1. The molecule has 0 saturated heterocycles. The van der Waals surface area contributed by atoms with Gasteiger partial charge in [0.15, 0.2) is 0 Å². The van der Waals surface area contributed by atoms with Crippen molar-refractivity contribution in [2.45, 2.75) is 51.9 Å². The fourth-order valence-electron chi connectivity index (χ4n) is 3.71. The van der Waals surface area contributed by atoms with Gasteiger partial charge in [-0.25, -0.2) is 9.18 Å². The summed E-state index contributed by atoms with van der Waals surface area (Å²) >= 11 is 0. The van der Waals surface area contributed by atoms with Crippen molar-refractivity contribution in [1.29, 1.82) is 5.26 Å². The van der Waals surface area contributed by atoms with Crippen LogP contribution in [0.15, 0.2) is 42.5 Å². The number of rotatable bonds is 4. The zero-order valence-corrected chi connectivity index (χ0v) is 15.8. The highest BCUT2D eigenvalue weighted by molar-refractivity contribution is 5.91. The van der Waals surface area contributed by atoms with Crippen molar-refractivity contribution >= 4 is 5.97 Å². The minimum Gasteiger partial charge on any atom is -0.423 e. The van der Waals surface area contributed by atoms with E-state index in [-0.39, 0.29) is 11.3 Å². The maximum atomic E-state index is 13.6. The van der Waals surface area contributed by atoms with E-state index in [1.807, 2.05) is 12.1 Å². The second-order valence-corrected chi connectivity index (χ2v) is 7.70. The van der Waals surface area contributed by atoms with Gasteiger partial charge in [0.05, 0.1) is 11.1 Å². The molecule has 0 bridgehead atoms. The van der Waals surface area contributed by atoms with Gasteiger partial charge in [-0.1, -0.05) is 32.4 Å². The molecule has 0 heterocycles. The van der Waals surface area contributed by atoms with Gasteiger partial charge in [-0.3, -0.25) is 0 Å². The number of hydrogen-bond acceptors (Lipinski definition) is 3. The van der Waals surface area contributed by atoms with Crippen LogP contribution in [0.3, 0.4) is 0 Å². The first-order valence-corrected chi connectivity index (χ1v) is 9.46. The number of carbonyl (C=O) groups is 1.